The lowest BCUT2D eigenvalue weighted by Crippen LogP contribution is -2.53. The van der Waals surface area contributed by atoms with Gasteiger partial charge in [-0.3, -0.25) is 13.9 Å². The Hall–Kier alpha value is -3.56. The average Bonchev–Trinajstić information content (AvgIpc) is 3.03. The van der Waals surface area contributed by atoms with Gasteiger partial charge >= 0.3 is 0 Å². The first-order valence-electron chi connectivity index (χ1n) is 14.5. The zero-order chi connectivity index (χ0) is 32.4. The van der Waals surface area contributed by atoms with Gasteiger partial charge in [0.25, 0.3) is 10.0 Å². The van der Waals surface area contributed by atoms with E-state index in [9.17, 15) is 18.0 Å². The molecule has 45 heavy (non-hydrogen) atoms. The van der Waals surface area contributed by atoms with E-state index in [0.717, 1.165) is 22.7 Å². The Bertz CT molecular complexity index is 1690. The number of benzene rings is 4. The molecule has 0 aliphatic heterocycles. The molecule has 0 aliphatic rings. The van der Waals surface area contributed by atoms with Gasteiger partial charge in [-0.15, -0.1) is 0 Å². The molecule has 0 saturated carbocycles. The van der Waals surface area contributed by atoms with Crippen molar-refractivity contribution in [2.45, 2.75) is 43.7 Å². The molecule has 0 saturated heterocycles. The number of unbranched alkanes of at least 4 members (excludes halogenated alkanes) is 1. The Morgan fingerprint density at radius 3 is 2.07 bits per heavy atom. The number of carbonyl (C=O) groups excluding carboxylic acids is 2. The number of halogens is 3. The van der Waals surface area contributed by atoms with Crippen LogP contribution in [0.4, 0.5) is 5.69 Å². The number of hydrogen-bond acceptors (Lipinski definition) is 4. The minimum Gasteiger partial charge on any atom is -0.354 e. The molecule has 0 unspecified atom stereocenters. The number of sulfonamides is 1. The van der Waals surface area contributed by atoms with Gasteiger partial charge in [0.15, 0.2) is 0 Å². The van der Waals surface area contributed by atoms with Crippen molar-refractivity contribution in [1.82, 2.24) is 10.2 Å². The highest BCUT2D eigenvalue weighted by Crippen LogP contribution is 2.28. The van der Waals surface area contributed by atoms with Crippen molar-refractivity contribution in [1.29, 1.82) is 0 Å². The first-order valence-corrected chi connectivity index (χ1v) is 17.1. The van der Waals surface area contributed by atoms with Gasteiger partial charge in [0.1, 0.15) is 12.6 Å². The fourth-order valence-electron chi connectivity index (χ4n) is 4.75. The van der Waals surface area contributed by atoms with Crippen LogP contribution in [-0.4, -0.2) is 44.3 Å². The summed E-state index contributed by atoms with van der Waals surface area (Å²) in [6.07, 6.45) is 1.84. The summed E-state index contributed by atoms with van der Waals surface area (Å²) in [5, 5.41) is 4.11. The molecule has 1 N–H and O–H groups in total. The van der Waals surface area contributed by atoms with E-state index in [-0.39, 0.29) is 29.5 Å². The van der Waals surface area contributed by atoms with Crippen LogP contribution in [0.15, 0.2) is 108 Å². The van der Waals surface area contributed by atoms with Crippen molar-refractivity contribution in [3.05, 3.63) is 129 Å². The Morgan fingerprint density at radius 2 is 1.44 bits per heavy atom. The topological polar surface area (TPSA) is 86.8 Å². The molecule has 11 heteroatoms. The summed E-state index contributed by atoms with van der Waals surface area (Å²) in [5.41, 5.74) is 1.63. The third kappa shape index (κ3) is 9.23. The summed E-state index contributed by atoms with van der Waals surface area (Å²) < 4.78 is 29.0. The SMILES string of the molecule is CCCCNC(=O)[C@H](Cc1ccccc1)N(Cc1ccc(Cl)cc1Cl)C(=O)CN(c1ccc(Cl)cc1)S(=O)(=O)c1ccccc1. The second kappa shape index (κ2) is 16.1. The highest BCUT2D eigenvalue weighted by atomic mass is 35.5. The van der Waals surface area contributed by atoms with E-state index in [0.29, 0.717) is 27.2 Å². The molecule has 0 radical (unpaired) electrons. The summed E-state index contributed by atoms with van der Waals surface area (Å²) in [6, 6.07) is 27.3. The van der Waals surface area contributed by atoms with E-state index >= 15 is 0 Å². The molecular formula is C34H34Cl3N3O4S. The van der Waals surface area contributed by atoms with Gasteiger partial charge in [-0.2, -0.15) is 0 Å². The third-order valence-corrected chi connectivity index (χ3v) is 9.81. The predicted molar refractivity (Wildman–Crippen MR) is 181 cm³/mol. The van der Waals surface area contributed by atoms with Crippen LogP contribution in [0.2, 0.25) is 15.1 Å². The molecule has 0 spiro atoms. The average molecular weight is 687 g/mol. The third-order valence-electron chi connectivity index (χ3n) is 7.18. The first kappa shape index (κ1) is 34.3. The molecule has 236 valence electrons. The summed E-state index contributed by atoms with van der Waals surface area (Å²) in [6.45, 7) is 1.80. The lowest BCUT2D eigenvalue weighted by Gasteiger charge is -2.34. The summed E-state index contributed by atoms with van der Waals surface area (Å²) in [4.78, 5) is 29.7. The summed E-state index contributed by atoms with van der Waals surface area (Å²) in [7, 11) is -4.21. The van der Waals surface area contributed by atoms with Crippen LogP contribution in [0.1, 0.15) is 30.9 Å². The largest absolute Gasteiger partial charge is 0.354 e. The number of nitrogens with one attached hydrogen (secondary N) is 1. The van der Waals surface area contributed by atoms with Gasteiger partial charge in [-0.25, -0.2) is 8.42 Å². The van der Waals surface area contributed by atoms with Crippen LogP contribution >= 0.6 is 34.8 Å². The molecule has 0 heterocycles. The molecule has 1 atom stereocenters. The fraction of sp³-hybridized carbons (Fsp3) is 0.235. The maximum Gasteiger partial charge on any atom is 0.264 e. The molecule has 4 aromatic rings. The molecule has 4 rings (SSSR count). The maximum atomic E-state index is 14.5. The van der Waals surface area contributed by atoms with Crippen molar-refractivity contribution in [2.75, 3.05) is 17.4 Å². The zero-order valence-corrected chi connectivity index (χ0v) is 27.8. The Morgan fingerprint density at radius 1 is 0.822 bits per heavy atom. The van der Waals surface area contributed by atoms with Crippen molar-refractivity contribution in [3.8, 4) is 0 Å². The second-order valence-electron chi connectivity index (χ2n) is 10.4. The van der Waals surface area contributed by atoms with Crippen molar-refractivity contribution < 1.29 is 18.0 Å². The maximum absolute atomic E-state index is 14.5. The molecule has 0 fully saturated rings. The minimum atomic E-state index is -4.21. The van der Waals surface area contributed by atoms with Crippen LogP contribution in [-0.2, 0) is 32.6 Å². The van der Waals surface area contributed by atoms with Crippen LogP contribution < -0.4 is 9.62 Å². The van der Waals surface area contributed by atoms with Crippen molar-refractivity contribution in [3.63, 3.8) is 0 Å². The Balaban J connectivity index is 1.80. The van der Waals surface area contributed by atoms with E-state index in [1.807, 2.05) is 37.3 Å². The number of nitrogens with zero attached hydrogens (tertiary/aromatic N) is 2. The van der Waals surface area contributed by atoms with E-state index in [4.69, 9.17) is 34.8 Å². The Kier molecular flexibility index (Phi) is 12.3. The van der Waals surface area contributed by atoms with Gasteiger partial charge in [0.2, 0.25) is 11.8 Å². The molecule has 2 amide bonds. The van der Waals surface area contributed by atoms with E-state index in [1.54, 1.807) is 48.5 Å². The lowest BCUT2D eigenvalue weighted by atomic mass is 10.0. The van der Waals surface area contributed by atoms with Crippen LogP contribution in [0.25, 0.3) is 0 Å². The van der Waals surface area contributed by atoms with Gasteiger partial charge in [0.05, 0.1) is 10.6 Å². The number of anilines is 1. The molecule has 4 aromatic carbocycles. The summed E-state index contributed by atoms with van der Waals surface area (Å²) in [5.74, 6) is -0.947. The number of carbonyl (C=O) groups is 2. The van der Waals surface area contributed by atoms with Gasteiger partial charge in [-0.1, -0.05) is 103 Å². The number of rotatable bonds is 14. The van der Waals surface area contributed by atoms with E-state index in [1.165, 1.54) is 29.2 Å². The minimum absolute atomic E-state index is 0.0122. The highest BCUT2D eigenvalue weighted by Gasteiger charge is 2.34. The van der Waals surface area contributed by atoms with Gasteiger partial charge in [0, 0.05) is 34.6 Å². The first-order chi connectivity index (χ1) is 21.6. The van der Waals surface area contributed by atoms with Crippen LogP contribution in [0, 0.1) is 0 Å². The molecule has 0 aliphatic carbocycles. The van der Waals surface area contributed by atoms with Crippen LogP contribution in [0.5, 0.6) is 0 Å². The standard InChI is InChI=1S/C34H34Cl3N3O4S/c1-2-3-20-38-34(42)32(21-25-10-6-4-7-11-25)39(23-26-14-15-28(36)22-31(26)37)33(41)24-40(29-18-16-27(35)17-19-29)45(43,44)30-12-8-5-9-13-30/h4-19,22,32H,2-3,20-21,23-24H2,1H3,(H,38,42)/t32-/m0/s1. The smallest absolute Gasteiger partial charge is 0.264 e. The number of amides is 2. The highest BCUT2D eigenvalue weighted by molar-refractivity contribution is 7.92. The number of hydrogen-bond donors (Lipinski definition) is 1. The van der Waals surface area contributed by atoms with E-state index in [2.05, 4.69) is 5.32 Å². The molecule has 0 aromatic heterocycles. The summed E-state index contributed by atoms with van der Waals surface area (Å²) >= 11 is 18.8. The predicted octanol–water partition coefficient (Wildman–Crippen LogP) is 7.40. The van der Waals surface area contributed by atoms with Crippen LogP contribution in [0.3, 0.4) is 0 Å². The van der Waals surface area contributed by atoms with Gasteiger partial charge < -0.3 is 10.2 Å². The van der Waals surface area contributed by atoms with E-state index < -0.39 is 28.5 Å². The molecule has 7 nitrogen and oxygen atoms in total. The quantitative estimate of drug-likeness (QED) is 0.140. The second-order valence-corrected chi connectivity index (χ2v) is 13.6. The molecular weight excluding hydrogens is 653 g/mol. The van der Waals surface area contributed by atoms with Gasteiger partial charge in [-0.05, 0) is 66.1 Å². The van der Waals surface area contributed by atoms with Crippen molar-refractivity contribution >= 4 is 62.3 Å². The normalized spacial score (nSPS) is 11.9. The fourth-order valence-corrected chi connectivity index (χ4v) is 6.78. The Labute approximate surface area is 279 Å². The monoisotopic (exact) mass is 685 g/mol. The molecule has 0 bridgehead atoms. The zero-order valence-electron chi connectivity index (χ0n) is 24.7. The van der Waals surface area contributed by atoms with Crippen molar-refractivity contribution in [2.24, 2.45) is 0 Å². The lowest BCUT2D eigenvalue weighted by molar-refractivity contribution is -0.140.